The molecule has 0 spiro atoms. The van der Waals surface area contributed by atoms with Crippen LogP contribution >= 0.6 is 0 Å². The van der Waals surface area contributed by atoms with E-state index < -0.39 is 23.2 Å². The van der Waals surface area contributed by atoms with E-state index >= 15 is 0 Å². The number of anilines is 1. The van der Waals surface area contributed by atoms with Gasteiger partial charge in [-0.3, -0.25) is 10.1 Å². The van der Waals surface area contributed by atoms with Crippen LogP contribution in [0.15, 0.2) is 12.3 Å². The molecule has 0 atom stereocenters. The van der Waals surface area contributed by atoms with Crippen molar-refractivity contribution in [3.05, 3.63) is 22.4 Å². The highest BCUT2D eigenvalue weighted by molar-refractivity contribution is 6.62. The summed E-state index contributed by atoms with van der Waals surface area (Å²) < 4.78 is 11.6. The van der Waals surface area contributed by atoms with Gasteiger partial charge in [0.15, 0.2) is 0 Å². The first-order chi connectivity index (χ1) is 8.64. The molecule has 0 saturated carbocycles. The van der Waals surface area contributed by atoms with Crippen LogP contribution in [0.1, 0.15) is 27.7 Å². The molecule has 2 heterocycles. The lowest BCUT2D eigenvalue weighted by atomic mass is 9.80. The molecule has 2 N–H and O–H groups in total. The molecule has 8 heteroatoms. The number of nitrogens with zero attached hydrogens (tertiary/aromatic N) is 2. The molecule has 0 amide bonds. The second kappa shape index (κ2) is 4.17. The normalized spacial score (nSPS) is 20.5. The summed E-state index contributed by atoms with van der Waals surface area (Å²) in [6, 6.07) is 1.34. The molecule has 0 aromatic carbocycles. The Bertz CT molecular complexity index is 517. The maximum absolute atomic E-state index is 10.8. The summed E-state index contributed by atoms with van der Waals surface area (Å²) in [6.45, 7) is 7.64. The number of aromatic nitrogens is 1. The average molecular weight is 265 g/mol. The molecule has 1 aliphatic heterocycles. The van der Waals surface area contributed by atoms with Gasteiger partial charge in [0.1, 0.15) is 0 Å². The lowest BCUT2D eigenvalue weighted by Crippen LogP contribution is -2.41. The van der Waals surface area contributed by atoms with Crippen LogP contribution in [0.2, 0.25) is 0 Å². The fourth-order valence-electron chi connectivity index (χ4n) is 1.73. The molecule has 1 saturated heterocycles. The molecule has 2 rings (SSSR count). The molecule has 102 valence electrons. The van der Waals surface area contributed by atoms with Crippen molar-refractivity contribution in [1.29, 1.82) is 0 Å². The molecular weight excluding hydrogens is 249 g/mol. The standard InChI is InChI=1S/C11H16BN3O4/c1-10(2)11(3,4)19-12(18-10)7-5-8(15(16)17)9(13)14-6-7/h5-6H,1-4H3,(H2,13,14). The van der Waals surface area contributed by atoms with E-state index in [-0.39, 0.29) is 11.5 Å². The number of rotatable bonds is 2. The zero-order valence-corrected chi connectivity index (χ0v) is 11.3. The Balaban J connectivity index is 2.35. The summed E-state index contributed by atoms with van der Waals surface area (Å²) >= 11 is 0. The first kappa shape index (κ1) is 13.8. The monoisotopic (exact) mass is 265 g/mol. The number of nitro groups is 1. The molecule has 0 aliphatic carbocycles. The van der Waals surface area contributed by atoms with Crippen LogP contribution in [0.5, 0.6) is 0 Å². The van der Waals surface area contributed by atoms with E-state index in [4.69, 9.17) is 15.0 Å². The molecule has 1 fully saturated rings. The summed E-state index contributed by atoms with van der Waals surface area (Å²) in [6.07, 6.45) is 1.44. The van der Waals surface area contributed by atoms with Crippen LogP contribution in [-0.2, 0) is 9.31 Å². The van der Waals surface area contributed by atoms with Crippen LogP contribution < -0.4 is 11.2 Å². The number of nitrogens with two attached hydrogens (primary N) is 1. The molecule has 7 nitrogen and oxygen atoms in total. The summed E-state index contributed by atoms with van der Waals surface area (Å²) in [5, 5.41) is 10.8. The van der Waals surface area contributed by atoms with Gasteiger partial charge in [-0.2, -0.15) is 0 Å². The van der Waals surface area contributed by atoms with Crippen molar-refractivity contribution < 1.29 is 14.2 Å². The third-order valence-corrected chi connectivity index (χ3v) is 3.64. The van der Waals surface area contributed by atoms with Crippen LogP contribution in [0, 0.1) is 10.1 Å². The van der Waals surface area contributed by atoms with Gasteiger partial charge in [0, 0.05) is 17.7 Å². The number of pyridine rings is 1. The molecule has 0 bridgehead atoms. The predicted octanol–water partition coefficient (Wildman–Crippen LogP) is 0.871. The Morgan fingerprint density at radius 3 is 2.32 bits per heavy atom. The molecular formula is C11H16BN3O4. The van der Waals surface area contributed by atoms with Crippen molar-refractivity contribution in [2.75, 3.05) is 5.73 Å². The maximum Gasteiger partial charge on any atom is 0.496 e. The van der Waals surface area contributed by atoms with Gasteiger partial charge < -0.3 is 15.0 Å². The largest absolute Gasteiger partial charge is 0.496 e. The van der Waals surface area contributed by atoms with Crippen LogP contribution in [0.3, 0.4) is 0 Å². The van der Waals surface area contributed by atoms with Gasteiger partial charge in [-0.25, -0.2) is 4.98 Å². The quantitative estimate of drug-likeness (QED) is 0.483. The smallest absolute Gasteiger partial charge is 0.399 e. The van der Waals surface area contributed by atoms with E-state index in [0.29, 0.717) is 5.46 Å². The van der Waals surface area contributed by atoms with E-state index in [1.807, 2.05) is 27.7 Å². The number of nitrogen functional groups attached to an aromatic ring is 1. The average Bonchev–Trinajstić information content (AvgIpc) is 2.48. The summed E-state index contributed by atoms with van der Waals surface area (Å²) in [7, 11) is -0.684. The highest BCUT2D eigenvalue weighted by Gasteiger charge is 2.52. The Morgan fingerprint density at radius 1 is 1.32 bits per heavy atom. The van der Waals surface area contributed by atoms with E-state index in [0.717, 1.165) is 0 Å². The summed E-state index contributed by atoms with van der Waals surface area (Å²) in [4.78, 5) is 14.1. The highest BCUT2D eigenvalue weighted by atomic mass is 16.7. The third kappa shape index (κ3) is 2.28. The minimum atomic E-state index is -0.684. The van der Waals surface area contributed by atoms with Crippen LogP contribution in [0.4, 0.5) is 11.5 Å². The Morgan fingerprint density at radius 2 is 1.84 bits per heavy atom. The van der Waals surface area contributed by atoms with E-state index in [1.54, 1.807) is 0 Å². The summed E-state index contributed by atoms with van der Waals surface area (Å²) in [5.74, 6) is -0.120. The fourth-order valence-corrected chi connectivity index (χ4v) is 1.73. The number of hydrogen-bond donors (Lipinski definition) is 1. The molecule has 1 aliphatic rings. The van der Waals surface area contributed by atoms with Gasteiger partial charge in [0.2, 0.25) is 5.82 Å². The lowest BCUT2D eigenvalue weighted by Gasteiger charge is -2.32. The minimum Gasteiger partial charge on any atom is -0.399 e. The maximum atomic E-state index is 10.8. The molecule has 0 unspecified atom stereocenters. The predicted molar refractivity (Wildman–Crippen MR) is 71.0 cm³/mol. The Hall–Kier alpha value is -1.67. The van der Waals surface area contributed by atoms with Gasteiger partial charge in [-0.05, 0) is 27.7 Å². The highest BCUT2D eigenvalue weighted by Crippen LogP contribution is 2.36. The Kier molecular flexibility index (Phi) is 3.02. The molecule has 19 heavy (non-hydrogen) atoms. The van der Waals surface area contributed by atoms with E-state index in [2.05, 4.69) is 4.98 Å². The third-order valence-electron chi connectivity index (χ3n) is 3.64. The molecule has 1 aromatic rings. The SMILES string of the molecule is CC1(C)OB(c2cnc(N)c([N+](=O)[O-])c2)OC1(C)C. The van der Waals surface area contributed by atoms with Crippen molar-refractivity contribution in [2.45, 2.75) is 38.9 Å². The van der Waals surface area contributed by atoms with Crippen LogP contribution in [0.25, 0.3) is 0 Å². The zero-order valence-electron chi connectivity index (χ0n) is 11.3. The van der Waals surface area contributed by atoms with Crippen molar-refractivity contribution in [3.8, 4) is 0 Å². The van der Waals surface area contributed by atoms with Gasteiger partial charge >= 0.3 is 12.8 Å². The van der Waals surface area contributed by atoms with Crippen molar-refractivity contribution >= 4 is 24.1 Å². The minimum absolute atomic E-state index is 0.120. The Labute approximate surface area is 111 Å². The summed E-state index contributed by atoms with van der Waals surface area (Å²) in [5.41, 5.74) is 4.69. The van der Waals surface area contributed by atoms with Crippen LogP contribution in [-0.4, -0.2) is 28.2 Å². The topological polar surface area (TPSA) is 101 Å². The van der Waals surface area contributed by atoms with Gasteiger partial charge in [-0.1, -0.05) is 0 Å². The first-order valence-corrected chi connectivity index (χ1v) is 5.89. The second-order valence-corrected chi connectivity index (χ2v) is 5.52. The lowest BCUT2D eigenvalue weighted by molar-refractivity contribution is -0.384. The molecule has 0 radical (unpaired) electrons. The number of hydrogen-bond acceptors (Lipinski definition) is 6. The zero-order chi connectivity index (χ0) is 14.4. The van der Waals surface area contributed by atoms with Gasteiger partial charge in [-0.15, -0.1) is 0 Å². The van der Waals surface area contributed by atoms with Crippen molar-refractivity contribution in [1.82, 2.24) is 4.98 Å². The molecule has 1 aromatic heterocycles. The van der Waals surface area contributed by atoms with Gasteiger partial charge in [0.25, 0.3) is 0 Å². The van der Waals surface area contributed by atoms with E-state index in [9.17, 15) is 10.1 Å². The van der Waals surface area contributed by atoms with E-state index in [1.165, 1.54) is 12.3 Å². The second-order valence-electron chi connectivity index (χ2n) is 5.52. The van der Waals surface area contributed by atoms with Crippen molar-refractivity contribution in [3.63, 3.8) is 0 Å². The fraction of sp³-hybridized carbons (Fsp3) is 0.545. The van der Waals surface area contributed by atoms with Gasteiger partial charge in [0.05, 0.1) is 16.1 Å². The van der Waals surface area contributed by atoms with Crippen molar-refractivity contribution in [2.24, 2.45) is 0 Å². The first-order valence-electron chi connectivity index (χ1n) is 5.89.